The molecule has 0 aliphatic carbocycles. The number of hydrogen-bond donors (Lipinski definition) is 2. The third-order valence-corrected chi connectivity index (χ3v) is 3.60. The number of para-hydroxylation sites is 1. The lowest BCUT2D eigenvalue weighted by Gasteiger charge is -2.21. The Morgan fingerprint density at radius 1 is 1.24 bits per heavy atom. The van der Waals surface area contributed by atoms with Crippen LogP contribution in [0.1, 0.15) is 6.42 Å². The van der Waals surface area contributed by atoms with Crippen molar-refractivity contribution >= 4 is 27.5 Å². The number of sulfone groups is 1. The van der Waals surface area contributed by atoms with Gasteiger partial charge in [0, 0.05) is 18.5 Å². The van der Waals surface area contributed by atoms with E-state index in [2.05, 4.69) is 5.32 Å². The van der Waals surface area contributed by atoms with Gasteiger partial charge in [-0.15, -0.1) is 0 Å². The molecule has 8 heteroatoms. The number of rotatable bonds is 7. The zero-order valence-corrected chi connectivity index (χ0v) is 12.5. The molecule has 0 fully saturated rings. The quantitative estimate of drug-likeness (QED) is 0.722. The van der Waals surface area contributed by atoms with E-state index in [1.165, 1.54) is 0 Å². The third-order valence-electron chi connectivity index (χ3n) is 2.57. The van der Waals surface area contributed by atoms with Gasteiger partial charge in [-0.3, -0.25) is 9.69 Å². The standard InChI is InChI=1S/C13H18N2O5S/c1-21(19,20)9-5-8-14-13(18)15(10-12(16)17)11-6-3-2-4-7-11/h2-4,6-7H,5,8-10H2,1H3,(H,14,18)(H,16,17). The minimum Gasteiger partial charge on any atom is -0.480 e. The molecule has 0 bridgehead atoms. The molecule has 116 valence electrons. The van der Waals surface area contributed by atoms with E-state index in [9.17, 15) is 18.0 Å². The predicted octanol–water partition coefficient (Wildman–Crippen LogP) is 0.722. The number of carboxylic acid groups (broad SMARTS) is 1. The Kier molecular flexibility index (Phi) is 6.16. The summed E-state index contributed by atoms with van der Waals surface area (Å²) >= 11 is 0. The van der Waals surface area contributed by atoms with Crippen molar-refractivity contribution in [2.24, 2.45) is 0 Å². The highest BCUT2D eigenvalue weighted by molar-refractivity contribution is 7.90. The maximum absolute atomic E-state index is 12.0. The minimum absolute atomic E-state index is 0.0302. The van der Waals surface area contributed by atoms with Crippen LogP contribution in [0.5, 0.6) is 0 Å². The molecule has 0 radical (unpaired) electrons. The van der Waals surface area contributed by atoms with Crippen molar-refractivity contribution in [2.75, 3.05) is 30.0 Å². The Bertz CT molecular complexity index is 586. The van der Waals surface area contributed by atoms with Gasteiger partial charge in [-0.05, 0) is 18.6 Å². The molecule has 1 aromatic carbocycles. The maximum Gasteiger partial charge on any atom is 0.323 e. The molecule has 7 nitrogen and oxygen atoms in total. The monoisotopic (exact) mass is 314 g/mol. The van der Waals surface area contributed by atoms with Gasteiger partial charge in [-0.25, -0.2) is 13.2 Å². The second-order valence-electron chi connectivity index (χ2n) is 4.53. The fourth-order valence-corrected chi connectivity index (χ4v) is 2.32. The number of nitrogens with one attached hydrogen (secondary N) is 1. The van der Waals surface area contributed by atoms with Crippen LogP contribution in [0.25, 0.3) is 0 Å². The topological polar surface area (TPSA) is 104 Å². The van der Waals surface area contributed by atoms with E-state index in [0.29, 0.717) is 5.69 Å². The first kappa shape index (κ1) is 17.0. The molecule has 0 aliphatic heterocycles. The fraction of sp³-hybridized carbons (Fsp3) is 0.385. The Balaban J connectivity index is 2.63. The van der Waals surface area contributed by atoms with E-state index in [0.717, 1.165) is 11.2 Å². The summed E-state index contributed by atoms with van der Waals surface area (Å²) in [5.74, 6) is -1.16. The SMILES string of the molecule is CS(=O)(=O)CCCNC(=O)N(CC(=O)O)c1ccccc1. The summed E-state index contributed by atoms with van der Waals surface area (Å²) in [7, 11) is -3.07. The summed E-state index contributed by atoms with van der Waals surface area (Å²) in [5, 5.41) is 11.4. The second kappa shape index (κ2) is 7.63. The van der Waals surface area contributed by atoms with Crippen LogP contribution >= 0.6 is 0 Å². The Hall–Kier alpha value is -2.09. The summed E-state index contributed by atoms with van der Waals surface area (Å²) in [5.41, 5.74) is 0.459. The van der Waals surface area contributed by atoms with Crippen LogP contribution in [0.4, 0.5) is 10.5 Å². The number of aliphatic carboxylic acids is 1. The first-order chi connectivity index (χ1) is 9.79. The molecule has 0 aromatic heterocycles. The predicted molar refractivity (Wildman–Crippen MR) is 79.2 cm³/mol. The van der Waals surface area contributed by atoms with Crippen molar-refractivity contribution < 1.29 is 23.1 Å². The van der Waals surface area contributed by atoms with Gasteiger partial charge in [0.2, 0.25) is 0 Å². The lowest BCUT2D eigenvalue weighted by atomic mass is 10.3. The average molecular weight is 314 g/mol. The number of carbonyl (C=O) groups excluding carboxylic acids is 1. The highest BCUT2D eigenvalue weighted by Gasteiger charge is 2.18. The molecule has 1 rings (SSSR count). The molecule has 0 atom stereocenters. The van der Waals surface area contributed by atoms with Gasteiger partial charge in [0.25, 0.3) is 0 Å². The van der Waals surface area contributed by atoms with Crippen LogP contribution in [0.15, 0.2) is 30.3 Å². The molecule has 0 spiro atoms. The number of carbonyl (C=O) groups is 2. The van der Waals surface area contributed by atoms with Crippen LogP contribution in [-0.2, 0) is 14.6 Å². The van der Waals surface area contributed by atoms with Crippen LogP contribution < -0.4 is 10.2 Å². The van der Waals surface area contributed by atoms with Gasteiger partial charge in [-0.2, -0.15) is 0 Å². The van der Waals surface area contributed by atoms with Crippen molar-refractivity contribution in [3.8, 4) is 0 Å². The van der Waals surface area contributed by atoms with Crippen LogP contribution in [0, 0.1) is 0 Å². The normalized spacial score (nSPS) is 10.9. The Morgan fingerprint density at radius 3 is 2.38 bits per heavy atom. The number of urea groups is 1. The summed E-state index contributed by atoms with van der Waals surface area (Å²) in [6.07, 6.45) is 1.40. The summed E-state index contributed by atoms with van der Waals surface area (Å²) < 4.78 is 22.0. The molecule has 0 heterocycles. The van der Waals surface area contributed by atoms with Gasteiger partial charge in [0.1, 0.15) is 16.4 Å². The molecule has 0 saturated heterocycles. The number of benzene rings is 1. The number of hydrogen-bond acceptors (Lipinski definition) is 4. The zero-order chi connectivity index (χ0) is 15.9. The molecule has 1 aromatic rings. The van der Waals surface area contributed by atoms with Crippen molar-refractivity contribution in [3.63, 3.8) is 0 Å². The molecule has 0 aliphatic rings. The summed E-state index contributed by atoms with van der Waals surface area (Å²) in [6, 6.07) is 7.82. The van der Waals surface area contributed by atoms with Gasteiger partial charge in [0.15, 0.2) is 0 Å². The van der Waals surface area contributed by atoms with Crippen LogP contribution in [0.3, 0.4) is 0 Å². The lowest BCUT2D eigenvalue weighted by Crippen LogP contribution is -2.43. The molecule has 0 unspecified atom stereocenters. The zero-order valence-electron chi connectivity index (χ0n) is 11.7. The molecule has 0 saturated carbocycles. The highest BCUT2D eigenvalue weighted by atomic mass is 32.2. The Labute approximate surface area is 123 Å². The summed E-state index contributed by atoms with van der Waals surface area (Å²) in [4.78, 5) is 23.9. The first-order valence-corrected chi connectivity index (χ1v) is 8.35. The highest BCUT2D eigenvalue weighted by Crippen LogP contribution is 2.12. The van der Waals surface area contributed by atoms with Gasteiger partial charge >= 0.3 is 12.0 Å². The van der Waals surface area contributed by atoms with Gasteiger partial charge in [0.05, 0.1) is 5.75 Å². The van der Waals surface area contributed by atoms with E-state index >= 15 is 0 Å². The molecule has 21 heavy (non-hydrogen) atoms. The number of nitrogens with zero attached hydrogens (tertiary/aromatic N) is 1. The lowest BCUT2D eigenvalue weighted by molar-refractivity contribution is -0.135. The van der Waals surface area contributed by atoms with Crippen molar-refractivity contribution in [2.45, 2.75) is 6.42 Å². The summed E-state index contributed by atoms with van der Waals surface area (Å²) in [6.45, 7) is -0.309. The van der Waals surface area contributed by atoms with Crippen molar-refractivity contribution in [1.29, 1.82) is 0 Å². The van der Waals surface area contributed by atoms with Crippen LogP contribution in [0.2, 0.25) is 0 Å². The van der Waals surface area contributed by atoms with E-state index in [1.807, 2.05) is 0 Å². The molecular formula is C13H18N2O5S. The van der Waals surface area contributed by atoms with Crippen molar-refractivity contribution in [1.82, 2.24) is 5.32 Å². The van der Waals surface area contributed by atoms with E-state index in [4.69, 9.17) is 5.11 Å². The molecular weight excluding hydrogens is 296 g/mol. The van der Waals surface area contributed by atoms with E-state index < -0.39 is 28.4 Å². The minimum atomic E-state index is -3.07. The number of carboxylic acids is 1. The number of amides is 2. The molecule has 2 amide bonds. The van der Waals surface area contributed by atoms with E-state index in [-0.39, 0.29) is 18.7 Å². The smallest absolute Gasteiger partial charge is 0.323 e. The number of anilines is 1. The van der Waals surface area contributed by atoms with E-state index in [1.54, 1.807) is 30.3 Å². The average Bonchev–Trinajstić information content (AvgIpc) is 2.40. The van der Waals surface area contributed by atoms with Gasteiger partial charge in [-0.1, -0.05) is 18.2 Å². The van der Waals surface area contributed by atoms with Gasteiger partial charge < -0.3 is 10.4 Å². The fourth-order valence-electron chi connectivity index (χ4n) is 1.65. The largest absolute Gasteiger partial charge is 0.480 e. The Morgan fingerprint density at radius 2 is 1.86 bits per heavy atom. The van der Waals surface area contributed by atoms with Crippen LogP contribution in [-0.4, -0.2) is 50.6 Å². The first-order valence-electron chi connectivity index (χ1n) is 6.29. The second-order valence-corrected chi connectivity index (χ2v) is 6.79. The van der Waals surface area contributed by atoms with Crippen molar-refractivity contribution in [3.05, 3.63) is 30.3 Å². The maximum atomic E-state index is 12.0. The third kappa shape index (κ3) is 6.75. The molecule has 2 N–H and O–H groups in total.